The number of aromatic nitrogens is 10. The molecule has 11 nitrogen and oxygen atoms in total. The van der Waals surface area contributed by atoms with Crippen molar-refractivity contribution < 1.29 is 21.2 Å². The van der Waals surface area contributed by atoms with Gasteiger partial charge < -0.3 is 13.7 Å². The van der Waals surface area contributed by atoms with Gasteiger partial charge in [-0.15, -0.1) is 34.0 Å². The zero-order valence-corrected chi connectivity index (χ0v) is 72.7. The molecule has 0 amide bonds. The van der Waals surface area contributed by atoms with Gasteiger partial charge in [-0.05, 0) is 179 Å². The second-order valence-electron chi connectivity index (χ2n) is 33.0. The minimum absolute atomic E-state index is 0.370. The predicted octanol–water partition coefficient (Wildman–Crippen LogP) is 27.0. The van der Waals surface area contributed by atoms with Gasteiger partial charge in [0.05, 0.1) is 69.3 Å². The van der Waals surface area contributed by atoms with Gasteiger partial charge in [-0.3, -0.25) is 19.5 Å². The van der Waals surface area contributed by atoms with E-state index >= 15 is 0 Å². The molecule has 598 valence electrons. The summed E-state index contributed by atoms with van der Waals surface area (Å²) in [5.74, 6) is 0. The second-order valence-corrected chi connectivity index (χ2v) is 38.5. The third kappa shape index (κ3) is 10.7. The van der Waals surface area contributed by atoms with Crippen LogP contribution in [0.15, 0.2) is 392 Å². The van der Waals surface area contributed by atoms with Gasteiger partial charge in [0.1, 0.15) is 20.0 Å². The molecule has 0 N–H and O–H groups in total. The molecule has 0 aliphatic carbocycles. The standard InChI is InChI=1S/C113H65IN11S3/c1-5-36-89-81(31-1)86-63-72(73-45-49-94-87(64-73)104-109-99(42-17-54-117-109)127-112(104)124(94)79-29-13-23-70(61-79)69-22-12-28-78(60-69)123-92-39-8-4-34-85(92)103-108-98(126-111(103)123)41-16-53-116-108)44-48-93(86)120(89)75-25-9-19-66(57-75)71-24-14-30-80(62-71)125-97-51-47-88(119-107(97)105-110-100(128-113(105)125)43-18-55-118-110)82-35-15-40-95-101(82)83-32-2-6-37-90(83)121(95)76-26-10-20-67(58-76)68-21-11-27-77(59-68)122-91-38-7-3-33-84(91)102-96(122)50-46-74-65-115-56-52-114-106(74)102/h1-65H/q-1. The predicted molar refractivity (Wildman–Crippen MR) is 532 cm³/mol. The van der Waals surface area contributed by atoms with Crippen LogP contribution >= 0.6 is 34.0 Å². The number of hydrogen-bond donors (Lipinski definition) is 0. The van der Waals surface area contributed by atoms with Crippen molar-refractivity contribution >= 4 is 200 Å². The monoisotopic (exact) mass is 1800 g/mol. The first-order valence-corrected chi connectivity index (χ1v) is 47.6. The Morgan fingerprint density at radius 2 is 0.609 bits per heavy atom. The summed E-state index contributed by atoms with van der Waals surface area (Å²) in [6, 6.07) is 132. The molecule has 0 spiro atoms. The summed E-state index contributed by atoms with van der Waals surface area (Å²) < 4.78 is 21.8. The molecule has 0 saturated heterocycles. The van der Waals surface area contributed by atoms with Crippen molar-refractivity contribution in [2.75, 3.05) is 0 Å². The molecule has 28 rings (SSSR count). The van der Waals surface area contributed by atoms with Gasteiger partial charge in [-0.1, -0.05) is 127 Å². The normalized spacial score (nSPS) is 12.7. The quantitative estimate of drug-likeness (QED) is 0.121. The van der Waals surface area contributed by atoms with E-state index in [1.54, 1.807) is 34.0 Å². The van der Waals surface area contributed by atoms with E-state index in [2.05, 4.69) is 382 Å². The first kappa shape index (κ1) is 71.9. The van der Waals surface area contributed by atoms with Gasteiger partial charge in [-0.2, -0.15) is 0 Å². The molecule has 13 aromatic heterocycles. The zero-order chi connectivity index (χ0) is 83.5. The van der Waals surface area contributed by atoms with Crippen LogP contribution in [0.2, 0.25) is 0 Å². The van der Waals surface area contributed by atoms with Crippen LogP contribution in [0, 0.1) is 3.57 Å². The number of rotatable bonds is 11. The van der Waals surface area contributed by atoms with E-state index in [0.29, 0.717) is 0 Å². The van der Waals surface area contributed by atoms with Crippen LogP contribution in [0.4, 0.5) is 0 Å². The van der Waals surface area contributed by atoms with Crippen LogP contribution < -0.4 is 21.2 Å². The molecule has 0 unspecified atom stereocenters. The van der Waals surface area contributed by atoms with Crippen molar-refractivity contribution in [1.29, 1.82) is 0 Å². The number of hydrogen-bond acceptors (Lipinski definition) is 8. The summed E-state index contributed by atoms with van der Waals surface area (Å²) in [6.45, 7) is 0. The SMILES string of the molecule is C1=C[I-]c2c(ccc3c2c2ccccc2n3-c2cccc(-c3cccc(-n4c5ccccc5c5c(-c6ccc7c(n6)c6c8ncccc8sc6n7-c6cccc(-c7cccc(-n8c9ccccc9c9cc(-c%10ccc%11c(c%10)c%10c%12ncccc%12sc%10n%11-c%10cccc(-c%11cccc(-n%12c%13ccccc%13c%13c%14ncccc%14sc%13%12)c%11)c%10)ccc98)c7)c6)cccc54)c3)c2)C=N1. The Labute approximate surface area is 752 Å². The van der Waals surface area contributed by atoms with Gasteiger partial charge in [0.15, 0.2) is 0 Å². The molecular formula is C113H65IN11S3-. The molecular weight excluding hydrogens is 1730 g/mol. The van der Waals surface area contributed by atoms with Crippen molar-refractivity contribution in [3.63, 3.8) is 0 Å². The molecule has 128 heavy (non-hydrogen) atoms. The average Bonchev–Trinajstić information content (AvgIpc) is 1.56. The van der Waals surface area contributed by atoms with Crippen molar-refractivity contribution in [3.8, 4) is 89.9 Å². The number of aliphatic imine (C=N–C) groups is 1. The second kappa shape index (κ2) is 28.0. The molecule has 0 radical (unpaired) electrons. The summed E-state index contributed by atoms with van der Waals surface area (Å²) in [6.07, 6.45) is 9.73. The number of benzene rings is 14. The summed E-state index contributed by atoms with van der Waals surface area (Å²) >= 11 is 5.01. The van der Waals surface area contributed by atoms with E-state index in [4.69, 9.17) is 19.9 Å². The Balaban J connectivity index is 0.512. The number of thiophene rings is 3. The number of halogens is 1. The maximum atomic E-state index is 5.81. The third-order valence-electron chi connectivity index (χ3n) is 26.1. The Bertz CT molecular complexity index is 9560. The van der Waals surface area contributed by atoms with E-state index < -0.39 is 0 Å². The number of para-hydroxylation sites is 4. The molecule has 1 aliphatic heterocycles. The molecule has 0 fully saturated rings. The van der Waals surface area contributed by atoms with Crippen molar-refractivity contribution in [1.82, 2.24) is 47.3 Å². The van der Waals surface area contributed by atoms with Gasteiger partial charge in [-0.25, -0.2) is 4.98 Å². The fourth-order valence-electron chi connectivity index (χ4n) is 20.6. The average molecular weight is 1800 g/mol. The van der Waals surface area contributed by atoms with E-state index in [0.717, 1.165) is 175 Å². The summed E-state index contributed by atoms with van der Waals surface area (Å²) in [5.41, 5.74) is 33.0. The summed E-state index contributed by atoms with van der Waals surface area (Å²) in [7, 11) is 0. The van der Waals surface area contributed by atoms with Crippen LogP contribution in [0.3, 0.4) is 0 Å². The fourth-order valence-corrected chi connectivity index (χ4v) is 26.5. The van der Waals surface area contributed by atoms with Crippen molar-refractivity contribution in [2.24, 2.45) is 4.99 Å². The number of fused-ring (bicyclic) bond motifs is 26. The van der Waals surface area contributed by atoms with Gasteiger partial charge in [0, 0.05) is 90.0 Å². The molecule has 0 saturated carbocycles. The molecule has 0 bridgehead atoms. The fraction of sp³-hybridized carbons (Fsp3) is 0. The van der Waals surface area contributed by atoms with Crippen molar-refractivity contribution in [2.45, 2.75) is 0 Å². The van der Waals surface area contributed by atoms with Gasteiger partial charge in [0.25, 0.3) is 0 Å². The van der Waals surface area contributed by atoms with E-state index in [1.165, 1.54) is 83.1 Å². The Morgan fingerprint density at radius 1 is 0.242 bits per heavy atom. The van der Waals surface area contributed by atoms with Crippen LogP contribution in [0.5, 0.6) is 0 Å². The molecule has 15 heteroatoms. The maximum absolute atomic E-state index is 5.81. The summed E-state index contributed by atoms with van der Waals surface area (Å²) in [5, 5.41) is 13.1. The Hall–Kier alpha value is -15.5. The molecule has 27 aromatic rings. The van der Waals surface area contributed by atoms with Gasteiger partial charge in [0.2, 0.25) is 0 Å². The first-order chi connectivity index (χ1) is 63.5. The first-order valence-electron chi connectivity index (χ1n) is 42.8. The number of nitrogens with zero attached hydrogens (tertiary/aromatic N) is 11. The summed E-state index contributed by atoms with van der Waals surface area (Å²) in [4.78, 5) is 29.0. The Kier molecular flexibility index (Phi) is 15.7. The zero-order valence-electron chi connectivity index (χ0n) is 68.0. The van der Waals surface area contributed by atoms with E-state index in [9.17, 15) is 0 Å². The van der Waals surface area contributed by atoms with E-state index in [-0.39, 0.29) is 21.2 Å². The Morgan fingerprint density at radius 3 is 1.14 bits per heavy atom. The van der Waals surface area contributed by atoms with Crippen LogP contribution in [-0.2, 0) is 0 Å². The van der Waals surface area contributed by atoms with Crippen LogP contribution in [-0.4, -0.2) is 53.6 Å². The van der Waals surface area contributed by atoms with Crippen LogP contribution in [0.25, 0.3) is 249 Å². The number of pyridine rings is 4. The molecule has 0 atom stereocenters. The molecule has 14 aromatic carbocycles. The van der Waals surface area contributed by atoms with Crippen molar-refractivity contribution in [3.05, 3.63) is 396 Å². The molecule has 14 heterocycles. The van der Waals surface area contributed by atoms with Crippen LogP contribution in [0.1, 0.15) is 5.56 Å². The van der Waals surface area contributed by atoms with E-state index in [1.807, 2.05) is 43.1 Å². The topological polar surface area (TPSA) is 93.5 Å². The third-order valence-corrected chi connectivity index (χ3v) is 32.0. The molecule has 1 aliphatic rings. The van der Waals surface area contributed by atoms with Gasteiger partial charge >= 0.3 is 201 Å². The minimum atomic E-state index is -0.370.